The standard InChI is InChI=1S/C18H23N3/c1-2-19-18-15(10-14-5-3-4-6-17(14)20-18)12-21-11-13-7-8-16(21)9-13/h3-6,10,13,16H,2,7-9,11-12H2,1H3,(H,19,20). The molecule has 0 radical (unpaired) electrons. The largest absolute Gasteiger partial charge is 0.370 e. The van der Waals surface area contributed by atoms with Crippen LogP contribution in [-0.2, 0) is 6.54 Å². The second-order valence-electron chi connectivity index (χ2n) is 6.48. The van der Waals surface area contributed by atoms with Crippen molar-refractivity contribution in [3.63, 3.8) is 0 Å². The van der Waals surface area contributed by atoms with Crippen LogP contribution in [0.2, 0.25) is 0 Å². The predicted molar refractivity (Wildman–Crippen MR) is 87.4 cm³/mol. The first-order valence-electron chi connectivity index (χ1n) is 8.20. The van der Waals surface area contributed by atoms with Gasteiger partial charge in [-0.25, -0.2) is 4.98 Å². The number of hydrogen-bond acceptors (Lipinski definition) is 3. The molecule has 3 heteroatoms. The zero-order valence-corrected chi connectivity index (χ0v) is 12.7. The molecule has 0 amide bonds. The minimum atomic E-state index is 0.816. The van der Waals surface area contributed by atoms with Gasteiger partial charge in [0.2, 0.25) is 0 Å². The van der Waals surface area contributed by atoms with Crippen LogP contribution in [0, 0.1) is 5.92 Å². The third-order valence-electron chi connectivity index (χ3n) is 5.04. The van der Waals surface area contributed by atoms with E-state index in [2.05, 4.69) is 47.5 Å². The Morgan fingerprint density at radius 1 is 1.29 bits per heavy atom. The molecule has 1 aromatic carbocycles. The molecule has 2 aromatic rings. The number of piperidine rings is 1. The van der Waals surface area contributed by atoms with Crippen molar-refractivity contribution < 1.29 is 0 Å². The first-order valence-corrected chi connectivity index (χ1v) is 8.20. The Kier molecular flexibility index (Phi) is 3.30. The summed E-state index contributed by atoms with van der Waals surface area (Å²) >= 11 is 0. The van der Waals surface area contributed by atoms with Gasteiger partial charge in [0, 0.05) is 36.6 Å². The molecule has 1 saturated heterocycles. The van der Waals surface area contributed by atoms with Gasteiger partial charge in [-0.3, -0.25) is 4.90 Å². The minimum Gasteiger partial charge on any atom is -0.370 e. The van der Waals surface area contributed by atoms with Crippen molar-refractivity contribution in [1.29, 1.82) is 0 Å². The molecule has 2 aliphatic rings. The third-order valence-corrected chi connectivity index (χ3v) is 5.04. The van der Waals surface area contributed by atoms with E-state index in [0.717, 1.165) is 36.4 Å². The van der Waals surface area contributed by atoms with Gasteiger partial charge in [0.25, 0.3) is 0 Å². The van der Waals surface area contributed by atoms with E-state index < -0.39 is 0 Å². The molecule has 1 aliphatic carbocycles. The lowest BCUT2D eigenvalue weighted by molar-refractivity contribution is 0.205. The maximum atomic E-state index is 4.83. The zero-order chi connectivity index (χ0) is 14.2. The first kappa shape index (κ1) is 13.1. The molecule has 0 spiro atoms. The fourth-order valence-corrected chi connectivity index (χ4v) is 4.04. The van der Waals surface area contributed by atoms with E-state index in [1.54, 1.807) is 0 Å². The number of anilines is 1. The van der Waals surface area contributed by atoms with Crippen molar-refractivity contribution in [3.8, 4) is 0 Å². The number of benzene rings is 1. The molecule has 1 aliphatic heterocycles. The summed E-state index contributed by atoms with van der Waals surface area (Å²) in [6.07, 6.45) is 4.25. The number of nitrogens with one attached hydrogen (secondary N) is 1. The second kappa shape index (κ2) is 5.30. The normalized spacial score (nSPS) is 24.8. The van der Waals surface area contributed by atoms with E-state index in [-0.39, 0.29) is 0 Å². The lowest BCUT2D eigenvalue weighted by Gasteiger charge is -2.27. The number of aromatic nitrogens is 1. The highest BCUT2D eigenvalue weighted by Gasteiger charge is 2.37. The molecule has 3 nitrogen and oxygen atoms in total. The summed E-state index contributed by atoms with van der Waals surface area (Å²) in [6, 6.07) is 11.6. The van der Waals surface area contributed by atoms with Gasteiger partial charge >= 0.3 is 0 Å². The molecule has 4 rings (SSSR count). The summed E-state index contributed by atoms with van der Waals surface area (Å²) in [6.45, 7) is 5.38. The average molecular weight is 281 g/mol. The van der Waals surface area contributed by atoms with Crippen LogP contribution in [-0.4, -0.2) is 29.0 Å². The van der Waals surface area contributed by atoms with E-state index in [1.165, 1.54) is 36.8 Å². The Hall–Kier alpha value is -1.61. The highest BCUT2D eigenvalue weighted by Crippen LogP contribution is 2.38. The number of hydrogen-bond donors (Lipinski definition) is 1. The molecule has 2 atom stereocenters. The van der Waals surface area contributed by atoms with Crippen LogP contribution in [0.4, 0.5) is 5.82 Å². The zero-order valence-electron chi connectivity index (χ0n) is 12.7. The highest BCUT2D eigenvalue weighted by atomic mass is 15.2. The lowest BCUT2D eigenvalue weighted by Crippen LogP contribution is -2.31. The van der Waals surface area contributed by atoms with E-state index in [9.17, 15) is 0 Å². The minimum absolute atomic E-state index is 0.816. The molecule has 110 valence electrons. The molecule has 2 heterocycles. The van der Waals surface area contributed by atoms with Gasteiger partial charge in [-0.1, -0.05) is 18.2 Å². The number of pyridine rings is 1. The molecule has 1 N–H and O–H groups in total. The van der Waals surface area contributed by atoms with Crippen molar-refractivity contribution in [2.75, 3.05) is 18.4 Å². The smallest absolute Gasteiger partial charge is 0.131 e. The van der Waals surface area contributed by atoms with Crippen LogP contribution in [0.15, 0.2) is 30.3 Å². The second-order valence-corrected chi connectivity index (χ2v) is 6.48. The Bertz CT molecular complexity index is 652. The van der Waals surface area contributed by atoms with Crippen LogP contribution in [0.25, 0.3) is 10.9 Å². The number of nitrogens with zero attached hydrogens (tertiary/aromatic N) is 2. The fourth-order valence-electron chi connectivity index (χ4n) is 4.04. The monoisotopic (exact) mass is 281 g/mol. The number of rotatable bonds is 4. The SMILES string of the molecule is CCNc1nc2ccccc2cc1CN1CC2CCC1C2. The Balaban J connectivity index is 1.67. The van der Waals surface area contributed by atoms with Crippen LogP contribution in [0.3, 0.4) is 0 Å². The number of fused-ring (bicyclic) bond motifs is 3. The molecule has 2 unspecified atom stereocenters. The summed E-state index contributed by atoms with van der Waals surface area (Å²) < 4.78 is 0. The number of para-hydroxylation sites is 1. The summed E-state index contributed by atoms with van der Waals surface area (Å²) in [5.41, 5.74) is 2.43. The van der Waals surface area contributed by atoms with Gasteiger partial charge in [0.15, 0.2) is 0 Å². The van der Waals surface area contributed by atoms with E-state index in [1.807, 2.05) is 0 Å². The predicted octanol–water partition coefficient (Wildman–Crippen LogP) is 3.65. The highest BCUT2D eigenvalue weighted by molar-refractivity contribution is 5.81. The molecule has 1 aromatic heterocycles. The van der Waals surface area contributed by atoms with Crippen LogP contribution < -0.4 is 5.32 Å². The topological polar surface area (TPSA) is 28.2 Å². The van der Waals surface area contributed by atoms with Gasteiger partial charge in [0.1, 0.15) is 5.82 Å². The third kappa shape index (κ3) is 2.40. The van der Waals surface area contributed by atoms with E-state index in [0.29, 0.717) is 0 Å². The number of likely N-dealkylation sites (tertiary alicyclic amines) is 1. The molecule has 2 fully saturated rings. The first-order chi connectivity index (χ1) is 10.3. The lowest BCUT2D eigenvalue weighted by atomic mass is 10.1. The Morgan fingerprint density at radius 2 is 2.19 bits per heavy atom. The van der Waals surface area contributed by atoms with Gasteiger partial charge in [-0.2, -0.15) is 0 Å². The van der Waals surface area contributed by atoms with Crippen molar-refractivity contribution in [3.05, 3.63) is 35.9 Å². The summed E-state index contributed by atoms with van der Waals surface area (Å²) in [4.78, 5) is 7.50. The van der Waals surface area contributed by atoms with E-state index >= 15 is 0 Å². The van der Waals surface area contributed by atoms with Crippen molar-refractivity contribution in [2.24, 2.45) is 5.92 Å². The molecule has 1 saturated carbocycles. The Morgan fingerprint density at radius 3 is 2.95 bits per heavy atom. The quantitative estimate of drug-likeness (QED) is 0.927. The fraction of sp³-hybridized carbons (Fsp3) is 0.500. The summed E-state index contributed by atoms with van der Waals surface area (Å²) in [7, 11) is 0. The average Bonchev–Trinajstić information content (AvgIpc) is 3.11. The van der Waals surface area contributed by atoms with Gasteiger partial charge in [0.05, 0.1) is 5.52 Å². The molecular weight excluding hydrogens is 258 g/mol. The Labute approximate surface area is 126 Å². The van der Waals surface area contributed by atoms with Gasteiger partial charge in [-0.15, -0.1) is 0 Å². The van der Waals surface area contributed by atoms with Gasteiger partial charge in [-0.05, 0) is 44.2 Å². The molecule has 21 heavy (non-hydrogen) atoms. The van der Waals surface area contributed by atoms with Crippen LogP contribution in [0.1, 0.15) is 31.7 Å². The maximum absolute atomic E-state index is 4.83. The van der Waals surface area contributed by atoms with Gasteiger partial charge < -0.3 is 5.32 Å². The van der Waals surface area contributed by atoms with E-state index in [4.69, 9.17) is 4.98 Å². The maximum Gasteiger partial charge on any atom is 0.131 e. The summed E-state index contributed by atoms with van der Waals surface area (Å²) in [5.74, 6) is 2.02. The van der Waals surface area contributed by atoms with Crippen LogP contribution in [0.5, 0.6) is 0 Å². The van der Waals surface area contributed by atoms with Crippen molar-refractivity contribution in [1.82, 2.24) is 9.88 Å². The van der Waals surface area contributed by atoms with Crippen LogP contribution >= 0.6 is 0 Å². The summed E-state index contributed by atoms with van der Waals surface area (Å²) in [5, 5.41) is 4.70. The molecular formula is C18H23N3. The van der Waals surface area contributed by atoms with Crippen molar-refractivity contribution >= 4 is 16.7 Å². The van der Waals surface area contributed by atoms with Crippen molar-refractivity contribution in [2.45, 2.75) is 38.8 Å². The molecule has 2 bridgehead atoms.